The molecule has 0 heterocycles. The van der Waals surface area contributed by atoms with Gasteiger partial charge >= 0.3 is 12.2 Å². The van der Waals surface area contributed by atoms with Gasteiger partial charge in [-0.3, -0.25) is 10.1 Å². The number of fused-ring (bicyclic) bond motifs is 4. The summed E-state index contributed by atoms with van der Waals surface area (Å²) in [5, 5.41) is 13.8. The maximum absolute atomic E-state index is 13.2. The quantitative estimate of drug-likeness (QED) is 0.123. The normalized spacial score (nSPS) is 17.0. The van der Waals surface area contributed by atoms with Crippen LogP contribution < -0.4 is 10.1 Å². The van der Waals surface area contributed by atoms with Crippen LogP contribution >= 0.6 is 0 Å². The summed E-state index contributed by atoms with van der Waals surface area (Å²) >= 11 is 0. The smallest absolute Gasteiger partial charge is 0.449 e. The third-order valence-electron chi connectivity index (χ3n) is 7.57. The molecule has 2 aliphatic carbocycles. The van der Waals surface area contributed by atoms with Gasteiger partial charge in [0.25, 0.3) is 5.69 Å². The van der Waals surface area contributed by atoms with E-state index in [1.54, 1.807) is 0 Å². The second kappa shape index (κ2) is 11.1. The van der Waals surface area contributed by atoms with E-state index >= 15 is 0 Å². The minimum atomic E-state index is -0.970. The molecule has 206 valence electrons. The number of ether oxygens (including phenoxy) is 3. The SMILES string of the molecule is O=C(N[C@H]1c2ccccc2CC[C@H]1OC(=O)Oc1ccc([N+](=O)[O-])cc1)OCC1c2ccccc2-c2ccccc21. The van der Waals surface area contributed by atoms with Crippen LogP contribution in [0, 0.1) is 10.1 Å². The number of rotatable bonds is 6. The molecular formula is C32H26N2O7. The number of nitro benzene ring substituents is 1. The Kier molecular flexibility index (Phi) is 7.08. The van der Waals surface area contributed by atoms with Gasteiger partial charge in [-0.15, -0.1) is 0 Å². The fraction of sp³-hybridized carbons (Fsp3) is 0.188. The lowest BCUT2D eigenvalue weighted by atomic mass is 9.85. The van der Waals surface area contributed by atoms with E-state index in [1.165, 1.54) is 24.3 Å². The van der Waals surface area contributed by atoms with Crippen molar-refractivity contribution in [3.63, 3.8) is 0 Å². The van der Waals surface area contributed by atoms with Crippen molar-refractivity contribution in [1.82, 2.24) is 5.32 Å². The van der Waals surface area contributed by atoms with Crippen LogP contribution in [-0.4, -0.2) is 29.9 Å². The van der Waals surface area contributed by atoms with E-state index in [0.717, 1.165) is 33.4 Å². The van der Waals surface area contributed by atoms with Crippen LogP contribution in [0.2, 0.25) is 0 Å². The summed E-state index contributed by atoms with van der Waals surface area (Å²) in [4.78, 5) is 36.1. The Bertz CT molecular complexity index is 1570. The van der Waals surface area contributed by atoms with Gasteiger partial charge in [-0.1, -0.05) is 72.8 Å². The number of nitro groups is 1. The Morgan fingerprint density at radius 1 is 0.829 bits per heavy atom. The van der Waals surface area contributed by atoms with Crippen molar-refractivity contribution in [1.29, 1.82) is 0 Å². The third-order valence-corrected chi connectivity index (χ3v) is 7.57. The molecule has 0 bridgehead atoms. The molecule has 0 fully saturated rings. The van der Waals surface area contributed by atoms with E-state index in [1.807, 2.05) is 48.5 Å². The first-order chi connectivity index (χ1) is 20.0. The molecule has 0 spiro atoms. The van der Waals surface area contributed by atoms with Crippen LogP contribution in [0.15, 0.2) is 97.1 Å². The van der Waals surface area contributed by atoms with Crippen molar-refractivity contribution in [3.05, 3.63) is 129 Å². The van der Waals surface area contributed by atoms with Crippen LogP contribution in [0.3, 0.4) is 0 Å². The highest BCUT2D eigenvalue weighted by molar-refractivity contribution is 5.79. The summed E-state index contributed by atoms with van der Waals surface area (Å²) in [6, 6.07) is 28.3. The summed E-state index contributed by atoms with van der Waals surface area (Å²) < 4.78 is 16.7. The van der Waals surface area contributed by atoms with Crippen molar-refractivity contribution in [2.45, 2.75) is 30.9 Å². The number of carbonyl (C=O) groups is 2. The molecule has 2 aliphatic rings. The fourth-order valence-electron chi connectivity index (χ4n) is 5.67. The number of nitrogens with zero attached hydrogens (tertiary/aromatic N) is 1. The second-order valence-corrected chi connectivity index (χ2v) is 9.94. The van der Waals surface area contributed by atoms with Crippen LogP contribution in [0.5, 0.6) is 5.75 Å². The number of hydrogen-bond acceptors (Lipinski definition) is 7. The minimum absolute atomic E-state index is 0.0875. The van der Waals surface area contributed by atoms with Crippen molar-refractivity contribution in [2.75, 3.05) is 6.61 Å². The van der Waals surface area contributed by atoms with E-state index in [-0.39, 0.29) is 24.0 Å². The molecule has 0 radical (unpaired) electrons. The van der Waals surface area contributed by atoms with Gasteiger partial charge in [-0.25, -0.2) is 9.59 Å². The first-order valence-electron chi connectivity index (χ1n) is 13.3. The van der Waals surface area contributed by atoms with Crippen LogP contribution in [0.25, 0.3) is 11.1 Å². The average Bonchev–Trinajstić information content (AvgIpc) is 3.31. The summed E-state index contributed by atoms with van der Waals surface area (Å²) in [5.41, 5.74) is 6.25. The molecule has 0 saturated carbocycles. The van der Waals surface area contributed by atoms with Gasteiger partial charge in [0.05, 0.1) is 11.0 Å². The Hall–Kier alpha value is -5.18. The Morgan fingerprint density at radius 2 is 1.44 bits per heavy atom. The van der Waals surface area contributed by atoms with E-state index in [0.29, 0.717) is 12.8 Å². The number of alkyl carbamates (subject to hydrolysis) is 1. The van der Waals surface area contributed by atoms with Crippen molar-refractivity contribution >= 4 is 17.9 Å². The van der Waals surface area contributed by atoms with Gasteiger partial charge in [0, 0.05) is 18.1 Å². The molecule has 41 heavy (non-hydrogen) atoms. The number of aryl methyl sites for hydroxylation is 1. The van der Waals surface area contributed by atoms with Crippen molar-refractivity contribution in [2.24, 2.45) is 0 Å². The van der Waals surface area contributed by atoms with Gasteiger partial charge in [-0.05, 0) is 58.4 Å². The summed E-state index contributed by atoms with van der Waals surface area (Å²) in [6.45, 7) is 0.155. The molecule has 1 amide bonds. The highest BCUT2D eigenvalue weighted by Crippen LogP contribution is 2.44. The van der Waals surface area contributed by atoms with Crippen LogP contribution in [-0.2, 0) is 15.9 Å². The molecule has 9 nitrogen and oxygen atoms in total. The number of non-ortho nitro benzene ring substituents is 1. The van der Waals surface area contributed by atoms with E-state index < -0.39 is 29.3 Å². The maximum Gasteiger partial charge on any atom is 0.514 e. The predicted molar refractivity (Wildman–Crippen MR) is 150 cm³/mol. The second-order valence-electron chi connectivity index (χ2n) is 9.94. The zero-order chi connectivity index (χ0) is 28.3. The highest BCUT2D eigenvalue weighted by Gasteiger charge is 2.35. The number of nitrogens with one attached hydrogen (secondary N) is 1. The topological polar surface area (TPSA) is 117 Å². The average molecular weight is 551 g/mol. The van der Waals surface area contributed by atoms with Crippen molar-refractivity contribution < 1.29 is 28.7 Å². The molecule has 0 aliphatic heterocycles. The number of benzene rings is 4. The zero-order valence-electron chi connectivity index (χ0n) is 21.9. The lowest BCUT2D eigenvalue weighted by Gasteiger charge is -2.33. The first-order valence-corrected chi connectivity index (χ1v) is 13.3. The minimum Gasteiger partial charge on any atom is -0.449 e. The van der Waals surface area contributed by atoms with Gasteiger partial charge in [0.1, 0.15) is 18.5 Å². The molecule has 0 saturated heterocycles. The lowest BCUT2D eigenvalue weighted by Crippen LogP contribution is -2.42. The Morgan fingerprint density at radius 3 is 2.10 bits per heavy atom. The molecule has 1 N–H and O–H groups in total. The summed E-state index contributed by atoms with van der Waals surface area (Å²) in [7, 11) is 0. The number of amides is 1. The molecule has 0 aromatic heterocycles. The monoisotopic (exact) mass is 550 g/mol. The van der Waals surface area contributed by atoms with Crippen LogP contribution in [0.1, 0.15) is 40.6 Å². The van der Waals surface area contributed by atoms with Gasteiger partial charge in [-0.2, -0.15) is 0 Å². The molecule has 4 aromatic carbocycles. The van der Waals surface area contributed by atoms with Gasteiger partial charge in [0.2, 0.25) is 0 Å². The largest absolute Gasteiger partial charge is 0.514 e. The van der Waals surface area contributed by atoms with Gasteiger partial charge < -0.3 is 19.5 Å². The lowest BCUT2D eigenvalue weighted by molar-refractivity contribution is -0.384. The zero-order valence-corrected chi connectivity index (χ0v) is 21.9. The first kappa shape index (κ1) is 26.1. The molecular weight excluding hydrogens is 524 g/mol. The summed E-state index contributed by atoms with van der Waals surface area (Å²) in [6.07, 6.45) is -1.20. The Labute approximate surface area is 235 Å². The standard InChI is InChI=1S/C32H26N2O7/c35-31(39-19-28-26-11-5-3-9-24(26)25-10-4-6-12-27(25)28)33-30-23-8-2-1-7-20(23)13-18-29(30)41-32(36)40-22-16-14-21(15-17-22)34(37)38/h1-12,14-17,28-30H,13,18-19H2,(H,33,35)/t29-,30+/m1/s1. The Balaban J connectivity index is 1.15. The highest BCUT2D eigenvalue weighted by atomic mass is 16.7. The molecule has 2 atom stereocenters. The predicted octanol–water partition coefficient (Wildman–Crippen LogP) is 6.71. The number of hydrogen-bond donors (Lipinski definition) is 1. The third kappa shape index (κ3) is 5.34. The van der Waals surface area contributed by atoms with E-state index in [2.05, 4.69) is 29.6 Å². The van der Waals surface area contributed by atoms with Crippen molar-refractivity contribution in [3.8, 4) is 16.9 Å². The van der Waals surface area contributed by atoms with E-state index in [9.17, 15) is 19.7 Å². The molecule has 6 rings (SSSR count). The number of carbonyl (C=O) groups excluding carboxylic acids is 2. The maximum atomic E-state index is 13.2. The van der Waals surface area contributed by atoms with Gasteiger partial charge in [0.15, 0.2) is 0 Å². The van der Waals surface area contributed by atoms with E-state index in [4.69, 9.17) is 14.2 Å². The summed E-state index contributed by atoms with van der Waals surface area (Å²) in [5.74, 6) is 0.0216. The molecule has 0 unspecified atom stereocenters. The molecule has 9 heteroatoms. The van der Waals surface area contributed by atoms with Crippen LogP contribution in [0.4, 0.5) is 15.3 Å². The fourth-order valence-corrected chi connectivity index (χ4v) is 5.67. The molecule has 4 aromatic rings.